The number of hydrogen-bond donors (Lipinski definition) is 2. The number of rotatable bonds is 5. The highest BCUT2D eigenvalue weighted by molar-refractivity contribution is 5.92. The average Bonchev–Trinajstić information content (AvgIpc) is 2.47. The SMILES string of the molecule is COc1cc(F)ccc1NCc1cc(C(N)=O)ccc1F. The van der Waals surface area contributed by atoms with Crippen LogP contribution in [0.5, 0.6) is 5.75 Å². The first-order valence-electron chi connectivity index (χ1n) is 6.17. The van der Waals surface area contributed by atoms with Crippen molar-refractivity contribution in [2.45, 2.75) is 6.54 Å². The molecule has 3 N–H and O–H groups in total. The Morgan fingerprint density at radius 1 is 1.24 bits per heavy atom. The Labute approximate surface area is 120 Å². The fourth-order valence-electron chi connectivity index (χ4n) is 1.87. The fourth-order valence-corrected chi connectivity index (χ4v) is 1.87. The van der Waals surface area contributed by atoms with Gasteiger partial charge in [0, 0.05) is 23.7 Å². The molecule has 0 aromatic heterocycles. The van der Waals surface area contributed by atoms with Crippen molar-refractivity contribution in [2.24, 2.45) is 5.73 Å². The molecule has 0 spiro atoms. The van der Waals surface area contributed by atoms with E-state index in [4.69, 9.17) is 10.5 Å². The standard InChI is InChI=1S/C15H14F2N2O2/c1-21-14-7-11(16)3-5-13(14)19-8-10-6-9(15(18)20)2-4-12(10)17/h2-7,19H,8H2,1H3,(H2,18,20). The number of ether oxygens (including phenoxy) is 1. The van der Waals surface area contributed by atoms with E-state index in [2.05, 4.69) is 5.32 Å². The lowest BCUT2D eigenvalue weighted by molar-refractivity contribution is 0.1000. The molecule has 0 unspecified atom stereocenters. The van der Waals surface area contributed by atoms with Crippen molar-refractivity contribution in [2.75, 3.05) is 12.4 Å². The Hall–Kier alpha value is -2.63. The van der Waals surface area contributed by atoms with Crippen LogP contribution in [0, 0.1) is 11.6 Å². The maximum atomic E-state index is 13.7. The van der Waals surface area contributed by atoms with E-state index in [1.165, 1.54) is 43.5 Å². The third-order valence-electron chi connectivity index (χ3n) is 2.96. The maximum absolute atomic E-state index is 13.7. The van der Waals surface area contributed by atoms with Gasteiger partial charge in [-0.15, -0.1) is 0 Å². The fraction of sp³-hybridized carbons (Fsp3) is 0.133. The number of benzene rings is 2. The minimum absolute atomic E-state index is 0.106. The highest BCUT2D eigenvalue weighted by Crippen LogP contribution is 2.25. The van der Waals surface area contributed by atoms with Gasteiger partial charge in [0.25, 0.3) is 0 Å². The number of nitrogens with two attached hydrogens (primary N) is 1. The first-order chi connectivity index (χ1) is 10.0. The van der Waals surface area contributed by atoms with Gasteiger partial charge in [-0.05, 0) is 30.3 Å². The van der Waals surface area contributed by atoms with Crippen LogP contribution in [0.3, 0.4) is 0 Å². The van der Waals surface area contributed by atoms with Crippen molar-refractivity contribution in [1.82, 2.24) is 0 Å². The number of anilines is 1. The summed E-state index contributed by atoms with van der Waals surface area (Å²) in [6, 6.07) is 7.85. The maximum Gasteiger partial charge on any atom is 0.248 e. The summed E-state index contributed by atoms with van der Waals surface area (Å²) in [5, 5.41) is 2.93. The molecule has 0 aliphatic heterocycles. The third-order valence-corrected chi connectivity index (χ3v) is 2.96. The molecule has 21 heavy (non-hydrogen) atoms. The molecule has 0 saturated carbocycles. The summed E-state index contributed by atoms with van der Waals surface area (Å²) < 4.78 is 31.8. The first-order valence-corrected chi connectivity index (χ1v) is 6.17. The molecule has 1 amide bonds. The first kappa shape index (κ1) is 14.8. The zero-order valence-electron chi connectivity index (χ0n) is 11.3. The van der Waals surface area contributed by atoms with Gasteiger partial charge in [-0.25, -0.2) is 8.78 Å². The summed E-state index contributed by atoms with van der Waals surface area (Å²) in [4.78, 5) is 11.1. The Morgan fingerprint density at radius 3 is 2.67 bits per heavy atom. The summed E-state index contributed by atoms with van der Waals surface area (Å²) in [5.41, 5.74) is 6.17. The van der Waals surface area contributed by atoms with E-state index >= 15 is 0 Å². The summed E-state index contributed by atoms with van der Waals surface area (Å²) in [6.45, 7) is 0.106. The lowest BCUT2D eigenvalue weighted by Crippen LogP contribution is -2.12. The molecule has 0 saturated heterocycles. The van der Waals surface area contributed by atoms with Crippen LogP contribution >= 0.6 is 0 Å². The van der Waals surface area contributed by atoms with E-state index in [-0.39, 0.29) is 17.7 Å². The number of carbonyl (C=O) groups is 1. The molecule has 0 fully saturated rings. The van der Waals surface area contributed by atoms with Gasteiger partial charge < -0.3 is 15.8 Å². The second-order valence-corrected chi connectivity index (χ2v) is 4.37. The topological polar surface area (TPSA) is 64.3 Å². The van der Waals surface area contributed by atoms with E-state index in [1.54, 1.807) is 0 Å². The molecule has 2 aromatic rings. The van der Waals surface area contributed by atoms with Crippen LogP contribution in [0.4, 0.5) is 14.5 Å². The molecule has 2 aromatic carbocycles. The molecule has 4 nitrogen and oxygen atoms in total. The number of nitrogens with one attached hydrogen (secondary N) is 1. The summed E-state index contributed by atoms with van der Waals surface area (Å²) in [6.07, 6.45) is 0. The molecule has 0 atom stereocenters. The highest BCUT2D eigenvalue weighted by atomic mass is 19.1. The Morgan fingerprint density at radius 2 is 2.00 bits per heavy atom. The number of hydrogen-bond acceptors (Lipinski definition) is 3. The predicted octanol–water partition coefficient (Wildman–Crippen LogP) is 2.68. The predicted molar refractivity (Wildman–Crippen MR) is 75.2 cm³/mol. The van der Waals surface area contributed by atoms with Gasteiger partial charge in [0.05, 0.1) is 12.8 Å². The highest BCUT2D eigenvalue weighted by Gasteiger charge is 2.09. The largest absolute Gasteiger partial charge is 0.494 e. The van der Waals surface area contributed by atoms with Gasteiger partial charge in [0.1, 0.15) is 17.4 Å². The minimum Gasteiger partial charge on any atom is -0.494 e. The molecule has 0 heterocycles. The third kappa shape index (κ3) is 3.47. The molecule has 0 aliphatic rings. The van der Waals surface area contributed by atoms with Crippen LogP contribution in [-0.2, 0) is 6.54 Å². The van der Waals surface area contributed by atoms with Crippen molar-refractivity contribution < 1.29 is 18.3 Å². The normalized spacial score (nSPS) is 10.2. The number of methoxy groups -OCH3 is 1. The van der Waals surface area contributed by atoms with Crippen molar-refractivity contribution >= 4 is 11.6 Å². The molecule has 0 radical (unpaired) electrons. The lowest BCUT2D eigenvalue weighted by atomic mass is 10.1. The number of primary amides is 1. The van der Waals surface area contributed by atoms with Crippen LogP contribution < -0.4 is 15.8 Å². The van der Waals surface area contributed by atoms with Gasteiger partial charge in [0.15, 0.2) is 0 Å². The second kappa shape index (κ2) is 6.21. The molecular weight excluding hydrogens is 278 g/mol. The summed E-state index contributed by atoms with van der Waals surface area (Å²) in [5.74, 6) is -1.22. The van der Waals surface area contributed by atoms with Crippen LogP contribution in [0.1, 0.15) is 15.9 Å². The van der Waals surface area contributed by atoms with Crippen molar-refractivity contribution in [1.29, 1.82) is 0 Å². The van der Waals surface area contributed by atoms with E-state index in [1.807, 2.05) is 0 Å². The molecule has 0 aliphatic carbocycles. The number of amides is 1. The van der Waals surface area contributed by atoms with Crippen LogP contribution in [-0.4, -0.2) is 13.0 Å². The molecular formula is C15H14F2N2O2. The van der Waals surface area contributed by atoms with E-state index in [9.17, 15) is 13.6 Å². The van der Waals surface area contributed by atoms with E-state index in [0.717, 1.165) is 0 Å². The molecule has 110 valence electrons. The Bertz CT molecular complexity index is 675. The van der Waals surface area contributed by atoms with Gasteiger partial charge in [-0.3, -0.25) is 4.79 Å². The van der Waals surface area contributed by atoms with Crippen LogP contribution in [0.15, 0.2) is 36.4 Å². The van der Waals surface area contributed by atoms with E-state index in [0.29, 0.717) is 11.4 Å². The molecule has 6 heteroatoms. The van der Waals surface area contributed by atoms with Crippen LogP contribution in [0.25, 0.3) is 0 Å². The monoisotopic (exact) mass is 292 g/mol. The van der Waals surface area contributed by atoms with Crippen LogP contribution in [0.2, 0.25) is 0 Å². The summed E-state index contributed by atoms with van der Waals surface area (Å²) in [7, 11) is 1.41. The van der Waals surface area contributed by atoms with Crippen molar-refractivity contribution in [3.63, 3.8) is 0 Å². The Kier molecular flexibility index (Phi) is 4.37. The average molecular weight is 292 g/mol. The number of halogens is 2. The molecule has 2 rings (SSSR count). The smallest absolute Gasteiger partial charge is 0.248 e. The van der Waals surface area contributed by atoms with Crippen molar-refractivity contribution in [3.8, 4) is 5.75 Å². The van der Waals surface area contributed by atoms with Gasteiger partial charge in [0.2, 0.25) is 5.91 Å². The second-order valence-electron chi connectivity index (χ2n) is 4.37. The van der Waals surface area contributed by atoms with Gasteiger partial charge in [-0.1, -0.05) is 0 Å². The van der Waals surface area contributed by atoms with Crippen molar-refractivity contribution in [3.05, 3.63) is 59.2 Å². The summed E-state index contributed by atoms with van der Waals surface area (Å²) >= 11 is 0. The minimum atomic E-state index is -0.629. The quantitative estimate of drug-likeness (QED) is 0.890. The van der Waals surface area contributed by atoms with Gasteiger partial charge in [-0.2, -0.15) is 0 Å². The Balaban J connectivity index is 2.20. The number of carbonyl (C=O) groups excluding carboxylic acids is 1. The van der Waals surface area contributed by atoms with E-state index < -0.39 is 17.5 Å². The van der Waals surface area contributed by atoms with Gasteiger partial charge >= 0.3 is 0 Å². The zero-order valence-corrected chi connectivity index (χ0v) is 11.3. The lowest BCUT2D eigenvalue weighted by Gasteiger charge is -2.12. The zero-order chi connectivity index (χ0) is 15.4. The molecule has 0 bridgehead atoms.